The zero-order chi connectivity index (χ0) is 14.7. The third kappa shape index (κ3) is 4.67. The Bertz CT molecular complexity index is 340. The average molecular weight is 265 g/mol. The van der Waals surface area contributed by atoms with Crippen LogP contribution in [0.5, 0.6) is 0 Å². The highest BCUT2D eigenvalue weighted by Crippen LogP contribution is 2.55. The lowest BCUT2D eigenvalue weighted by Gasteiger charge is -2.37. The summed E-state index contributed by atoms with van der Waals surface area (Å²) >= 11 is 0. The summed E-state index contributed by atoms with van der Waals surface area (Å²) in [7, 11) is 0. The molecule has 1 fully saturated rings. The molecule has 1 aliphatic carbocycles. The molecule has 1 amide bonds. The van der Waals surface area contributed by atoms with Crippen LogP contribution < -0.4 is 0 Å². The van der Waals surface area contributed by atoms with Crippen LogP contribution in [0.2, 0.25) is 0 Å². The zero-order valence-corrected chi connectivity index (χ0v) is 13.6. The van der Waals surface area contributed by atoms with Crippen molar-refractivity contribution in [2.75, 3.05) is 6.54 Å². The summed E-state index contributed by atoms with van der Waals surface area (Å²) in [6.45, 7) is 13.5. The second kappa shape index (κ2) is 6.11. The van der Waals surface area contributed by atoms with Gasteiger partial charge in [-0.25, -0.2) is 0 Å². The molecule has 0 aromatic rings. The number of hydrogen-bond donors (Lipinski definition) is 0. The zero-order valence-electron chi connectivity index (χ0n) is 13.6. The van der Waals surface area contributed by atoms with Crippen LogP contribution in [0.25, 0.3) is 0 Å². The molecule has 19 heavy (non-hydrogen) atoms. The molecular formula is C17H31NO. The van der Waals surface area contributed by atoms with E-state index in [1.54, 1.807) is 6.92 Å². The molecule has 2 nitrogen and oxygen atoms in total. The van der Waals surface area contributed by atoms with Crippen molar-refractivity contribution < 1.29 is 4.79 Å². The van der Waals surface area contributed by atoms with Crippen molar-refractivity contribution in [1.82, 2.24) is 4.90 Å². The summed E-state index contributed by atoms with van der Waals surface area (Å²) in [5, 5.41) is 0. The van der Waals surface area contributed by atoms with E-state index in [4.69, 9.17) is 0 Å². The highest BCUT2D eigenvalue weighted by Gasteiger charge is 2.51. The number of hydrogen-bond acceptors (Lipinski definition) is 1. The lowest BCUT2D eigenvalue weighted by atomic mass is 9.98. The first kappa shape index (κ1) is 16.3. The van der Waals surface area contributed by atoms with Crippen LogP contribution in [-0.4, -0.2) is 22.9 Å². The topological polar surface area (TPSA) is 20.3 Å². The van der Waals surface area contributed by atoms with Crippen molar-refractivity contribution in [3.8, 4) is 0 Å². The molecule has 0 radical (unpaired) electrons. The fourth-order valence-electron chi connectivity index (χ4n) is 2.91. The Kier molecular flexibility index (Phi) is 5.23. The number of amides is 1. The minimum absolute atomic E-state index is 0.0654. The van der Waals surface area contributed by atoms with E-state index in [9.17, 15) is 4.79 Å². The van der Waals surface area contributed by atoms with E-state index < -0.39 is 0 Å². The van der Waals surface area contributed by atoms with Crippen LogP contribution in [-0.2, 0) is 4.79 Å². The largest absolute Gasteiger partial charge is 0.338 e. The van der Waals surface area contributed by atoms with Gasteiger partial charge in [0.05, 0.1) is 0 Å². The van der Waals surface area contributed by atoms with Crippen LogP contribution >= 0.6 is 0 Å². The van der Waals surface area contributed by atoms with Crippen LogP contribution in [0.3, 0.4) is 0 Å². The lowest BCUT2D eigenvalue weighted by molar-refractivity contribution is -0.134. The summed E-state index contributed by atoms with van der Waals surface area (Å²) in [6, 6.07) is 0. The lowest BCUT2D eigenvalue weighted by Crippen LogP contribution is -2.47. The molecule has 1 saturated carbocycles. The Balaban J connectivity index is 2.49. The number of rotatable bonds is 6. The molecule has 0 N–H and O–H groups in total. The number of carbonyl (C=O) groups is 1. The molecule has 0 bridgehead atoms. The minimum atomic E-state index is -0.0654. The molecule has 1 rings (SSSR count). The molecule has 0 aliphatic heterocycles. The molecule has 0 heterocycles. The van der Waals surface area contributed by atoms with Gasteiger partial charge in [0, 0.05) is 19.0 Å². The summed E-state index contributed by atoms with van der Waals surface area (Å²) in [6.07, 6.45) is 9.39. The first-order valence-electron chi connectivity index (χ1n) is 7.64. The van der Waals surface area contributed by atoms with E-state index >= 15 is 0 Å². The Morgan fingerprint density at radius 2 is 2.00 bits per heavy atom. The maximum absolute atomic E-state index is 11.8. The second-order valence-corrected chi connectivity index (χ2v) is 7.29. The van der Waals surface area contributed by atoms with Crippen molar-refractivity contribution in [3.63, 3.8) is 0 Å². The summed E-state index contributed by atoms with van der Waals surface area (Å²) in [4.78, 5) is 13.9. The predicted molar refractivity (Wildman–Crippen MR) is 82.0 cm³/mol. The average Bonchev–Trinajstić information content (AvgIpc) is 2.91. The fraction of sp³-hybridized carbons (Fsp3) is 0.824. The van der Waals surface area contributed by atoms with E-state index in [0.717, 1.165) is 18.9 Å². The molecule has 0 saturated heterocycles. The maximum Gasteiger partial charge on any atom is 0.219 e. The van der Waals surface area contributed by atoms with E-state index in [-0.39, 0.29) is 11.4 Å². The van der Waals surface area contributed by atoms with Crippen LogP contribution in [0.4, 0.5) is 0 Å². The monoisotopic (exact) mass is 265 g/mol. The molecule has 0 spiro atoms. The van der Waals surface area contributed by atoms with Gasteiger partial charge in [-0.15, -0.1) is 0 Å². The molecule has 110 valence electrons. The fourth-order valence-corrected chi connectivity index (χ4v) is 2.91. The molecule has 0 aromatic heterocycles. The van der Waals surface area contributed by atoms with E-state index in [1.807, 2.05) is 4.90 Å². The Morgan fingerprint density at radius 3 is 2.47 bits per heavy atom. The number of allylic oxidation sites excluding steroid dienone is 2. The smallest absolute Gasteiger partial charge is 0.219 e. The van der Waals surface area contributed by atoms with Crippen molar-refractivity contribution >= 4 is 5.91 Å². The molecule has 1 aliphatic rings. The Hall–Kier alpha value is -0.790. The summed E-state index contributed by atoms with van der Waals surface area (Å²) in [5.41, 5.74) is 0.281. The third-order valence-electron chi connectivity index (χ3n) is 4.33. The van der Waals surface area contributed by atoms with Gasteiger partial charge in [0.2, 0.25) is 5.91 Å². The van der Waals surface area contributed by atoms with Gasteiger partial charge >= 0.3 is 0 Å². The normalized spacial score (nSPS) is 26.7. The van der Waals surface area contributed by atoms with Crippen LogP contribution in [0.1, 0.15) is 67.2 Å². The second-order valence-electron chi connectivity index (χ2n) is 7.29. The van der Waals surface area contributed by atoms with Crippen LogP contribution in [0, 0.1) is 11.3 Å². The maximum atomic E-state index is 11.8. The SMILES string of the molecule is CCC=CCCC1CC1(C)CN(C(C)=O)C(C)(C)C. The molecule has 2 unspecified atom stereocenters. The highest BCUT2D eigenvalue weighted by atomic mass is 16.2. The number of nitrogens with zero attached hydrogens (tertiary/aromatic N) is 1. The highest BCUT2D eigenvalue weighted by molar-refractivity contribution is 5.74. The minimum Gasteiger partial charge on any atom is -0.338 e. The van der Waals surface area contributed by atoms with Crippen molar-refractivity contribution in [2.24, 2.45) is 11.3 Å². The van der Waals surface area contributed by atoms with Gasteiger partial charge in [-0.2, -0.15) is 0 Å². The Labute approximate surface area is 119 Å². The van der Waals surface area contributed by atoms with Gasteiger partial charge in [-0.1, -0.05) is 26.0 Å². The molecule has 0 aromatic carbocycles. The molecule has 2 atom stereocenters. The van der Waals surface area contributed by atoms with Gasteiger partial charge in [0.25, 0.3) is 0 Å². The van der Waals surface area contributed by atoms with Gasteiger partial charge in [-0.3, -0.25) is 4.79 Å². The van der Waals surface area contributed by atoms with Gasteiger partial charge in [-0.05, 0) is 57.8 Å². The predicted octanol–water partition coefficient (Wildman–Crippen LogP) is 4.41. The van der Waals surface area contributed by atoms with Gasteiger partial charge in [0.15, 0.2) is 0 Å². The third-order valence-corrected chi connectivity index (χ3v) is 4.33. The Morgan fingerprint density at radius 1 is 1.37 bits per heavy atom. The molecule has 2 heteroatoms. The van der Waals surface area contributed by atoms with E-state index in [2.05, 4.69) is 46.8 Å². The first-order valence-corrected chi connectivity index (χ1v) is 7.64. The number of carbonyl (C=O) groups excluding carboxylic acids is 1. The van der Waals surface area contributed by atoms with E-state index in [0.29, 0.717) is 5.41 Å². The first-order chi connectivity index (χ1) is 8.70. The van der Waals surface area contributed by atoms with Gasteiger partial charge in [0.1, 0.15) is 0 Å². The molecular weight excluding hydrogens is 234 g/mol. The van der Waals surface area contributed by atoms with Crippen molar-refractivity contribution in [1.29, 1.82) is 0 Å². The quantitative estimate of drug-likeness (QED) is 0.652. The van der Waals surface area contributed by atoms with Crippen molar-refractivity contribution in [2.45, 2.75) is 72.8 Å². The van der Waals surface area contributed by atoms with Crippen molar-refractivity contribution in [3.05, 3.63) is 12.2 Å². The summed E-state index contributed by atoms with van der Waals surface area (Å²) in [5.74, 6) is 0.989. The van der Waals surface area contributed by atoms with Gasteiger partial charge < -0.3 is 4.90 Å². The standard InChI is InChI=1S/C17H31NO/c1-7-8-9-10-11-15-12-17(15,6)13-18(14(2)19)16(3,4)5/h8-9,15H,7,10-13H2,1-6H3. The van der Waals surface area contributed by atoms with E-state index in [1.165, 1.54) is 19.3 Å². The van der Waals surface area contributed by atoms with Crippen LogP contribution in [0.15, 0.2) is 12.2 Å². The summed E-state index contributed by atoms with van der Waals surface area (Å²) < 4.78 is 0.